The highest BCUT2D eigenvalue weighted by atomic mass is 15.2. The molecule has 0 aliphatic heterocycles. The Morgan fingerprint density at radius 3 is 2.71 bits per heavy atom. The molecule has 1 saturated carbocycles. The average molecular weight is 187 g/mol. The highest BCUT2D eigenvalue weighted by molar-refractivity contribution is 5.63. The molecule has 0 heterocycles. The Hall–Kier alpha value is -1.69. The van der Waals surface area contributed by atoms with Gasteiger partial charge in [0.05, 0.1) is 11.3 Å². The van der Waals surface area contributed by atoms with Crippen molar-refractivity contribution >= 4 is 11.4 Å². The zero-order valence-corrected chi connectivity index (χ0v) is 8.20. The van der Waals surface area contributed by atoms with E-state index in [4.69, 9.17) is 11.0 Å². The molecule has 0 amide bonds. The summed E-state index contributed by atoms with van der Waals surface area (Å²) >= 11 is 0. The van der Waals surface area contributed by atoms with Crippen LogP contribution in [0.15, 0.2) is 18.2 Å². The van der Waals surface area contributed by atoms with Crippen LogP contribution in [0.4, 0.5) is 11.4 Å². The molecule has 1 aromatic rings. The second-order valence-corrected chi connectivity index (χ2v) is 3.73. The first-order valence-corrected chi connectivity index (χ1v) is 4.75. The summed E-state index contributed by atoms with van der Waals surface area (Å²) in [6.45, 7) is 0. The first-order chi connectivity index (χ1) is 6.72. The van der Waals surface area contributed by atoms with E-state index < -0.39 is 0 Å². The van der Waals surface area contributed by atoms with E-state index in [9.17, 15) is 0 Å². The maximum absolute atomic E-state index is 8.73. The Bertz CT molecular complexity index is 388. The van der Waals surface area contributed by atoms with Crippen LogP contribution in [0, 0.1) is 11.3 Å². The van der Waals surface area contributed by atoms with Crippen molar-refractivity contribution in [1.29, 1.82) is 5.26 Å². The molecule has 0 radical (unpaired) electrons. The third-order valence-corrected chi connectivity index (χ3v) is 2.66. The number of nitrogen functional groups attached to an aromatic ring is 1. The van der Waals surface area contributed by atoms with Crippen molar-refractivity contribution in [3.05, 3.63) is 23.8 Å². The van der Waals surface area contributed by atoms with Crippen LogP contribution in [0.1, 0.15) is 18.4 Å². The number of nitrogens with zero attached hydrogens (tertiary/aromatic N) is 2. The first kappa shape index (κ1) is 8.89. The Morgan fingerprint density at radius 1 is 1.50 bits per heavy atom. The van der Waals surface area contributed by atoms with Gasteiger partial charge in [0.15, 0.2) is 0 Å². The molecule has 1 aliphatic carbocycles. The highest BCUT2D eigenvalue weighted by Crippen LogP contribution is 2.31. The fourth-order valence-corrected chi connectivity index (χ4v) is 1.54. The molecule has 14 heavy (non-hydrogen) atoms. The quantitative estimate of drug-likeness (QED) is 0.717. The van der Waals surface area contributed by atoms with E-state index in [0.717, 1.165) is 5.69 Å². The lowest BCUT2D eigenvalue weighted by molar-refractivity contribution is 0.917. The van der Waals surface area contributed by atoms with E-state index in [2.05, 4.69) is 18.0 Å². The van der Waals surface area contributed by atoms with Crippen LogP contribution in [0.3, 0.4) is 0 Å². The van der Waals surface area contributed by atoms with Gasteiger partial charge in [0.25, 0.3) is 0 Å². The third-order valence-electron chi connectivity index (χ3n) is 2.66. The van der Waals surface area contributed by atoms with Gasteiger partial charge in [-0.15, -0.1) is 0 Å². The molecule has 2 rings (SSSR count). The van der Waals surface area contributed by atoms with E-state index in [0.29, 0.717) is 17.3 Å². The molecule has 1 aromatic carbocycles. The Balaban J connectivity index is 2.28. The molecule has 0 spiro atoms. The Kier molecular flexibility index (Phi) is 2.05. The van der Waals surface area contributed by atoms with E-state index in [1.165, 1.54) is 12.8 Å². The molecule has 0 saturated heterocycles. The summed E-state index contributed by atoms with van der Waals surface area (Å²) in [5.74, 6) is 0. The molecule has 1 aliphatic rings. The minimum absolute atomic E-state index is 0.554. The standard InChI is InChI=1S/C11H13N3/c1-14(9-4-5-9)10-3-2-8(7-12)11(13)6-10/h2-3,6,9H,4-5,13H2,1H3. The van der Waals surface area contributed by atoms with Crippen LogP contribution in [0.5, 0.6) is 0 Å². The van der Waals surface area contributed by atoms with Crippen molar-refractivity contribution in [1.82, 2.24) is 0 Å². The fourth-order valence-electron chi connectivity index (χ4n) is 1.54. The molecule has 0 unspecified atom stereocenters. The number of hydrogen-bond acceptors (Lipinski definition) is 3. The number of benzene rings is 1. The van der Waals surface area contributed by atoms with Gasteiger partial charge < -0.3 is 10.6 Å². The van der Waals surface area contributed by atoms with Crippen LogP contribution < -0.4 is 10.6 Å². The van der Waals surface area contributed by atoms with Gasteiger partial charge in [-0.3, -0.25) is 0 Å². The predicted octanol–water partition coefficient (Wildman–Crippen LogP) is 1.74. The maximum atomic E-state index is 8.73. The lowest BCUT2D eigenvalue weighted by atomic mass is 10.1. The minimum atomic E-state index is 0.554. The summed E-state index contributed by atoms with van der Waals surface area (Å²) in [5.41, 5.74) is 7.96. The smallest absolute Gasteiger partial charge is 0.101 e. The molecule has 3 nitrogen and oxygen atoms in total. The van der Waals surface area contributed by atoms with Crippen LogP contribution in [-0.2, 0) is 0 Å². The molecule has 0 bridgehead atoms. The van der Waals surface area contributed by atoms with E-state index >= 15 is 0 Å². The topological polar surface area (TPSA) is 53.0 Å². The number of hydrogen-bond donors (Lipinski definition) is 1. The van der Waals surface area contributed by atoms with Crippen LogP contribution in [0.25, 0.3) is 0 Å². The average Bonchev–Trinajstić information content (AvgIpc) is 3.00. The van der Waals surface area contributed by atoms with Crippen molar-refractivity contribution in [2.75, 3.05) is 17.7 Å². The van der Waals surface area contributed by atoms with Crippen LogP contribution >= 0.6 is 0 Å². The van der Waals surface area contributed by atoms with Crippen molar-refractivity contribution in [3.8, 4) is 6.07 Å². The molecule has 0 aromatic heterocycles. The number of rotatable bonds is 2. The second kappa shape index (κ2) is 3.22. The Morgan fingerprint density at radius 2 is 2.21 bits per heavy atom. The summed E-state index contributed by atoms with van der Waals surface area (Å²) < 4.78 is 0. The van der Waals surface area contributed by atoms with Crippen molar-refractivity contribution in [3.63, 3.8) is 0 Å². The summed E-state index contributed by atoms with van der Waals surface area (Å²) in [6, 6.07) is 8.34. The lowest BCUT2D eigenvalue weighted by Crippen LogP contribution is -2.19. The van der Waals surface area contributed by atoms with Gasteiger partial charge in [0, 0.05) is 18.8 Å². The lowest BCUT2D eigenvalue weighted by Gasteiger charge is -2.18. The molecular weight excluding hydrogens is 174 g/mol. The van der Waals surface area contributed by atoms with Gasteiger partial charge in [0.1, 0.15) is 6.07 Å². The van der Waals surface area contributed by atoms with E-state index in [1.54, 1.807) is 6.07 Å². The molecule has 2 N–H and O–H groups in total. The number of nitriles is 1. The summed E-state index contributed by atoms with van der Waals surface area (Å²) in [6.07, 6.45) is 2.52. The van der Waals surface area contributed by atoms with Gasteiger partial charge in [-0.2, -0.15) is 5.26 Å². The van der Waals surface area contributed by atoms with Crippen LogP contribution in [-0.4, -0.2) is 13.1 Å². The zero-order valence-electron chi connectivity index (χ0n) is 8.20. The molecule has 1 fully saturated rings. The third kappa shape index (κ3) is 1.51. The van der Waals surface area contributed by atoms with Gasteiger partial charge in [-0.05, 0) is 31.0 Å². The van der Waals surface area contributed by atoms with Gasteiger partial charge in [-0.1, -0.05) is 0 Å². The number of anilines is 2. The van der Waals surface area contributed by atoms with Crippen molar-refractivity contribution < 1.29 is 0 Å². The molecule has 3 heteroatoms. The van der Waals surface area contributed by atoms with Gasteiger partial charge in [-0.25, -0.2) is 0 Å². The number of nitrogens with two attached hydrogens (primary N) is 1. The monoisotopic (exact) mass is 187 g/mol. The van der Waals surface area contributed by atoms with Crippen molar-refractivity contribution in [2.45, 2.75) is 18.9 Å². The first-order valence-electron chi connectivity index (χ1n) is 4.75. The van der Waals surface area contributed by atoms with Crippen molar-refractivity contribution in [2.24, 2.45) is 0 Å². The second-order valence-electron chi connectivity index (χ2n) is 3.73. The van der Waals surface area contributed by atoms with Gasteiger partial charge in [0.2, 0.25) is 0 Å². The maximum Gasteiger partial charge on any atom is 0.101 e. The molecule has 72 valence electrons. The van der Waals surface area contributed by atoms with E-state index in [-0.39, 0.29) is 0 Å². The summed E-state index contributed by atoms with van der Waals surface area (Å²) in [4.78, 5) is 2.22. The van der Waals surface area contributed by atoms with E-state index in [1.807, 2.05) is 12.1 Å². The van der Waals surface area contributed by atoms with Crippen LogP contribution in [0.2, 0.25) is 0 Å². The highest BCUT2D eigenvalue weighted by Gasteiger charge is 2.26. The SMILES string of the molecule is CN(c1ccc(C#N)c(N)c1)C1CC1. The Labute approximate surface area is 83.7 Å². The summed E-state index contributed by atoms with van der Waals surface area (Å²) in [7, 11) is 2.07. The minimum Gasteiger partial charge on any atom is -0.398 e. The zero-order chi connectivity index (χ0) is 10.1. The molecule has 0 atom stereocenters. The van der Waals surface area contributed by atoms with Gasteiger partial charge >= 0.3 is 0 Å². The predicted molar refractivity (Wildman–Crippen MR) is 57.0 cm³/mol. The molecular formula is C11H13N3. The largest absolute Gasteiger partial charge is 0.398 e. The summed E-state index contributed by atoms with van der Waals surface area (Å²) in [5, 5.41) is 8.73. The fraction of sp³-hybridized carbons (Fsp3) is 0.364. The normalized spacial score (nSPS) is 14.9.